The van der Waals surface area contributed by atoms with Crippen LogP contribution in [0, 0.1) is 5.92 Å². The maximum Gasteiger partial charge on any atom is 0.166 e. The summed E-state index contributed by atoms with van der Waals surface area (Å²) < 4.78 is 5.14. The third-order valence-corrected chi connectivity index (χ3v) is 3.76. The Labute approximate surface area is 113 Å². The first-order chi connectivity index (χ1) is 9.28. The lowest BCUT2D eigenvalue weighted by Crippen LogP contribution is -2.12. The van der Waals surface area contributed by atoms with Gasteiger partial charge >= 0.3 is 0 Å². The van der Waals surface area contributed by atoms with Gasteiger partial charge in [0, 0.05) is 11.5 Å². The lowest BCUT2D eigenvalue weighted by atomic mass is 9.96. The van der Waals surface area contributed by atoms with Crippen molar-refractivity contribution < 1.29 is 9.53 Å². The first-order valence-corrected chi connectivity index (χ1v) is 6.53. The standard InChI is InChI=1S/C17H16O2/c1-19-15-8-6-12(7-9-15)10-14-11-13-4-2-3-5-16(13)17(14)18/h2-9,14H,10-11H2,1H3. The van der Waals surface area contributed by atoms with Crippen LogP contribution in [0.4, 0.5) is 0 Å². The second-order valence-electron chi connectivity index (χ2n) is 4.97. The molecule has 0 N–H and O–H groups in total. The minimum atomic E-state index is 0.0887. The van der Waals surface area contributed by atoms with Gasteiger partial charge in [0.05, 0.1) is 7.11 Å². The third kappa shape index (κ3) is 2.26. The van der Waals surface area contributed by atoms with Gasteiger partial charge in [-0.2, -0.15) is 0 Å². The zero-order valence-corrected chi connectivity index (χ0v) is 10.9. The van der Waals surface area contributed by atoms with E-state index < -0.39 is 0 Å². The zero-order valence-electron chi connectivity index (χ0n) is 10.9. The molecule has 3 rings (SSSR count). The highest BCUT2D eigenvalue weighted by molar-refractivity contribution is 6.02. The highest BCUT2D eigenvalue weighted by Crippen LogP contribution is 2.29. The molecule has 0 spiro atoms. The largest absolute Gasteiger partial charge is 0.497 e. The number of methoxy groups -OCH3 is 1. The van der Waals surface area contributed by atoms with Crippen LogP contribution in [0.15, 0.2) is 48.5 Å². The Balaban J connectivity index is 1.77. The van der Waals surface area contributed by atoms with Crippen molar-refractivity contribution in [3.05, 3.63) is 65.2 Å². The minimum absolute atomic E-state index is 0.0887. The van der Waals surface area contributed by atoms with E-state index >= 15 is 0 Å². The van der Waals surface area contributed by atoms with Crippen LogP contribution in [-0.2, 0) is 12.8 Å². The summed E-state index contributed by atoms with van der Waals surface area (Å²) >= 11 is 0. The number of fused-ring (bicyclic) bond motifs is 1. The van der Waals surface area contributed by atoms with Gasteiger partial charge in [0.15, 0.2) is 5.78 Å². The number of Topliss-reactive ketones (excluding diaryl/α,β-unsaturated/α-hetero) is 1. The van der Waals surface area contributed by atoms with Crippen LogP contribution in [0.3, 0.4) is 0 Å². The van der Waals surface area contributed by atoms with Crippen molar-refractivity contribution in [3.8, 4) is 5.75 Å². The molecule has 2 aromatic rings. The molecule has 1 aliphatic carbocycles. The third-order valence-electron chi connectivity index (χ3n) is 3.76. The topological polar surface area (TPSA) is 26.3 Å². The van der Waals surface area contributed by atoms with Crippen LogP contribution in [-0.4, -0.2) is 12.9 Å². The van der Waals surface area contributed by atoms with Crippen LogP contribution < -0.4 is 4.74 Å². The Morgan fingerprint density at radius 2 is 1.84 bits per heavy atom. The van der Waals surface area contributed by atoms with Crippen LogP contribution in [0.25, 0.3) is 0 Å². The highest BCUT2D eigenvalue weighted by atomic mass is 16.5. The Hall–Kier alpha value is -2.09. The molecule has 1 aliphatic rings. The average molecular weight is 252 g/mol. The smallest absolute Gasteiger partial charge is 0.166 e. The van der Waals surface area contributed by atoms with E-state index in [-0.39, 0.29) is 11.7 Å². The van der Waals surface area contributed by atoms with E-state index in [1.54, 1.807) is 7.11 Å². The summed E-state index contributed by atoms with van der Waals surface area (Å²) in [4.78, 5) is 12.3. The second-order valence-corrected chi connectivity index (χ2v) is 4.97. The maximum atomic E-state index is 12.3. The van der Waals surface area contributed by atoms with E-state index in [4.69, 9.17) is 4.74 Å². The highest BCUT2D eigenvalue weighted by Gasteiger charge is 2.29. The predicted octanol–water partition coefficient (Wildman–Crippen LogP) is 3.29. The molecule has 2 nitrogen and oxygen atoms in total. The van der Waals surface area contributed by atoms with Gasteiger partial charge in [-0.25, -0.2) is 0 Å². The zero-order chi connectivity index (χ0) is 13.2. The fourth-order valence-corrected chi connectivity index (χ4v) is 2.73. The first-order valence-electron chi connectivity index (χ1n) is 6.53. The van der Waals surface area contributed by atoms with E-state index in [1.165, 1.54) is 11.1 Å². The van der Waals surface area contributed by atoms with Gasteiger partial charge in [-0.05, 0) is 36.1 Å². The number of ether oxygens (including phenoxy) is 1. The van der Waals surface area contributed by atoms with Gasteiger partial charge < -0.3 is 4.74 Å². The normalized spacial score (nSPS) is 17.3. The van der Waals surface area contributed by atoms with Crippen LogP contribution >= 0.6 is 0 Å². The quantitative estimate of drug-likeness (QED) is 0.837. The van der Waals surface area contributed by atoms with Gasteiger partial charge in [0.1, 0.15) is 5.75 Å². The summed E-state index contributed by atoms with van der Waals surface area (Å²) in [6.45, 7) is 0. The Morgan fingerprint density at radius 1 is 1.11 bits per heavy atom. The van der Waals surface area contributed by atoms with Crippen molar-refractivity contribution >= 4 is 5.78 Å². The fourth-order valence-electron chi connectivity index (χ4n) is 2.73. The molecule has 96 valence electrons. The van der Waals surface area contributed by atoms with Crippen molar-refractivity contribution in [2.24, 2.45) is 5.92 Å². The van der Waals surface area contributed by atoms with E-state index in [0.717, 1.165) is 24.2 Å². The molecule has 1 unspecified atom stereocenters. The van der Waals surface area contributed by atoms with E-state index in [2.05, 4.69) is 6.07 Å². The summed E-state index contributed by atoms with van der Waals surface area (Å²) in [7, 11) is 1.66. The van der Waals surface area contributed by atoms with Gasteiger partial charge in [-0.3, -0.25) is 4.79 Å². The molecule has 1 atom stereocenters. The molecule has 2 aromatic carbocycles. The molecule has 0 aromatic heterocycles. The van der Waals surface area contributed by atoms with Crippen molar-refractivity contribution in [1.29, 1.82) is 0 Å². The summed E-state index contributed by atoms with van der Waals surface area (Å²) in [5.41, 5.74) is 3.28. The molecule has 0 saturated heterocycles. The van der Waals surface area contributed by atoms with Gasteiger partial charge in [0.25, 0.3) is 0 Å². The minimum Gasteiger partial charge on any atom is -0.497 e. The summed E-state index contributed by atoms with van der Waals surface area (Å²) in [6, 6.07) is 15.9. The van der Waals surface area contributed by atoms with Crippen LogP contribution in [0.5, 0.6) is 5.75 Å². The molecule has 0 saturated carbocycles. The molecule has 0 fully saturated rings. The Bertz CT molecular complexity index is 599. The molecule has 0 amide bonds. The monoisotopic (exact) mass is 252 g/mol. The van der Waals surface area contributed by atoms with Crippen molar-refractivity contribution in [2.75, 3.05) is 7.11 Å². The number of rotatable bonds is 3. The number of ketones is 1. The predicted molar refractivity (Wildman–Crippen MR) is 74.7 cm³/mol. The van der Waals surface area contributed by atoms with Gasteiger partial charge in [-0.15, -0.1) is 0 Å². The summed E-state index contributed by atoms with van der Waals surface area (Å²) in [6.07, 6.45) is 1.67. The second kappa shape index (κ2) is 4.88. The summed E-state index contributed by atoms with van der Waals surface area (Å²) in [5, 5.41) is 0. The first kappa shape index (κ1) is 12.0. The van der Waals surface area contributed by atoms with E-state index in [0.29, 0.717) is 0 Å². The SMILES string of the molecule is COc1ccc(CC2Cc3ccccc3C2=O)cc1. The molecule has 2 heteroatoms. The Kier molecular flexibility index (Phi) is 3.08. The number of hydrogen-bond acceptors (Lipinski definition) is 2. The van der Waals surface area contributed by atoms with Gasteiger partial charge in [0.2, 0.25) is 0 Å². The van der Waals surface area contributed by atoms with Crippen molar-refractivity contribution in [2.45, 2.75) is 12.8 Å². The van der Waals surface area contributed by atoms with Crippen molar-refractivity contribution in [3.63, 3.8) is 0 Å². The molecule has 0 heterocycles. The number of carbonyl (C=O) groups excluding carboxylic acids is 1. The fraction of sp³-hybridized carbons (Fsp3) is 0.235. The molecule has 0 aliphatic heterocycles. The molecule has 0 bridgehead atoms. The molecular formula is C17H16O2. The lowest BCUT2D eigenvalue weighted by molar-refractivity contribution is 0.0936. The molecular weight excluding hydrogens is 236 g/mol. The van der Waals surface area contributed by atoms with E-state index in [9.17, 15) is 4.79 Å². The number of hydrogen-bond donors (Lipinski definition) is 0. The Morgan fingerprint density at radius 3 is 2.53 bits per heavy atom. The summed E-state index contributed by atoms with van der Waals surface area (Å²) in [5.74, 6) is 1.22. The van der Waals surface area contributed by atoms with Crippen LogP contribution in [0.2, 0.25) is 0 Å². The van der Waals surface area contributed by atoms with Crippen molar-refractivity contribution in [1.82, 2.24) is 0 Å². The lowest BCUT2D eigenvalue weighted by Gasteiger charge is -2.08. The van der Waals surface area contributed by atoms with Gasteiger partial charge in [-0.1, -0.05) is 36.4 Å². The van der Waals surface area contributed by atoms with Crippen LogP contribution in [0.1, 0.15) is 21.5 Å². The number of carbonyl (C=O) groups is 1. The number of benzene rings is 2. The molecule has 19 heavy (non-hydrogen) atoms. The molecule has 0 radical (unpaired) electrons. The maximum absolute atomic E-state index is 12.3. The average Bonchev–Trinajstić information content (AvgIpc) is 2.77. The van der Waals surface area contributed by atoms with E-state index in [1.807, 2.05) is 42.5 Å².